The molecule has 1 heterocycles. The first kappa shape index (κ1) is 19.7. The SMILES string of the molecule is COc1ccc(CCN2CC(C(=O)O)CC2=O)cc1OCc1ccc(C)cc1. The van der Waals surface area contributed by atoms with Gasteiger partial charge >= 0.3 is 5.97 Å². The van der Waals surface area contributed by atoms with E-state index in [9.17, 15) is 9.59 Å². The Hall–Kier alpha value is -3.02. The number of aliphatic carboxylic acids is 1. The molecule has 1 saturated heterocycles. The maximum atomic E-state index is 12.0. The van der Waals surface area contributed by atoms with Crippen molar-refractivity contribution in [3.8, 4) is 11.5 Å². The van der Waals surface area contributed by atoms with Gasteiger partial charge < -0.3 is 19.5 Å². The van der Waals surface area contributed by atoms with Gasteiger partial charge in [-0.25, -0.2) is 0 Å². The van der Waals surface area contributed by atoms with Crippen LogP contribution >= 0.6 is 0 Å². The summed E-state index contributed by atoms with van der Waals surface area (Å²) in [6.07, 6.45) is 0.714. The lowest BCUT2D eigenvalue weighted by Crippen LogP contribution is -2.28. The molecular formula is C22H25NO5. The molecule has 0 bridgehead atoms. The van der Waals surface area contributed by atoms with Gasteiger partial charge in [0.1, 0.15) is 6.61 Å². The zero-order valence-corrected chi connectivity index (χ0v) is 16.2. The van der Waals surface area contributed by atoms with E-state index in [1.54, 1.807) is 12.0 Å². The smallest absolute Gasteiger partial charge is 0.308 e. The minimum atomic E-state index is -0.910. The molecule has 0 saturated carbocycles. The second kappa shape index (κ2) is 8.78. The van der Waals surface area contributed by atoms with Crippen LogP contribution in [0.4, 0.5) is 0 Å². The number of hydrogen-bond acceptors (Lipinski definition) is 4. The number of methoxy groups -OCH3 is 1. The second-order valence-electron chi connectivity index (χ2n) is 7.09. The van der Waals surface area contributed by atoms with Crippen molar-refractivity contribution in [1.29, 1.82) is 0 Å². The highest BCUT2D eigenvalue weighted by Crippen LogP contribution is 2.29. The minimum absolute atomic E-state index is 0.0862. The van der Waals surface area contributed by atoms with E-state index in [-0.39, 0.29) is 18.9 Å². The monoisotopic (exact) mass is 383 g/mol. The van der Waals surface area contributed by atoms with E-state index < -0.39 is 11.9 Å². The van der Waals surface area contributed by atoms with E-state index in [4.69, 9.17) is 14.6 Å². The molecule has 148 valence electrons. The summed E-state index contributed by atoms with van der Waals surface area (Å²) in [6.45, 7) is 3.25. The molecular weight excluding hydrogens is 358 g/mol. The number of benzene rings is 2. The van der Waals surface area contributed by atoms with Crippen molar-refractivity contribution in [2.24, 2.45) is 5.92 Å². The molecule has 2 aromatic rings. The fourth-order valence-electron chi connectivity index (χ4n) is 3.25. The molecule has 1 atom stereocenters. The Morgan fingerprint density at radius 2 is 1.86 bits per heavy atom. The van der Waals surface area contributed by atoms with Crippen molar-refractivity contribution in [3.05, 3.63) is 59.2 Å². The Morgan fingerprint density at radius 1 is 1.14 bits per heavy atom. The predicted octanol–water partition coefficient (Wildman–Crippen LogP) is 3.06. The number of ether oxygens (including phenoxy) is 2. The number of likely N-dealkylation sites (tertiary alicyclic amines) is 1. The highest BCUT2D eigenvalue weighted by atomic mass is 16.5. The van der Waals surface area contributed by atoms with E-state index in [1.165, 1.54) is 5.56 Å². The van der Waals surface area contributed by atoms with Crippen LogP contribution in [0.5, 0.6) is 11.5 Å². The third-order valence-corrected chi connectivity index (χ3v) is 4.98. The van der Waals surface area contributed by atoms with Gasteiger partial charge in [-0.3, -0.25) is 9.59 Å². The highest BCUT2D eigenvalue weighted by molar-refractivity contribution is 5.86. The summed E-state index contributed by atoms with van der Waals surface area (Å²) in [4.78, 5) is 24.7. The largest absolute Gasteiger partial charge is 0.493 e. The van der Waals surface area contributed by atoms with Crippen molar-refractivity contribution >= 4 is 11.9 Å². The molecule has 1 fully saturated rings. The lowest BCUT2D eigenvalue weighted by atomic mass is 10.1. The Bertz CT molecular complexity index is 847. The lowest BCUT2D eigenvalue weighted by molar-refractivity contribution is -0.141. The second-order valence-corrected chi connectivity index (χ2v) is 7.09. The molecule has 2 aromatic carbocycles. The predicted molar refractivity (Wildman–Crippen MR) is 105 cm³/mol. The van der Waals surface area contributed by atoms with Crippen LogP contribution in [0.2, 0.25) is 0 Å². The quantitative estimate of drug-likeness (QED) is 0.758. The first-order valence-electron chi connectivity index (χ1n) is 9.32. The Balaban J connectivity index is 1.62. The van der Waals surface area contributed by atoms with Crippen molar-refractivity contribution < 1.29 is 24.2 Å². The third-order valence-electron chi connectivity index (χ3n) is 4.98. The molecule has 0 spiro atoms. The summed E-state index contributed by atoms with van der Waals surface area (Å²) in [5.74, 6) is -0.309. The zero-order chi connectivity index (χ0) is 20.1. The van der Waals surface area contributed by atoms with Crippen LogP contribution in [-0.4, -0.2) is 42.1 Å². The van der Waals surface area contributed by atoms with Crippen molar-refractivity contribution in [2.75, 3.05) is 20.2 Å². The molecule has 0 aliphatic carbocycles. The summed E-state index contributed by atoms with van der Waals surface area (Å²) in [6, 6.07) is 13.9. The summed E-state index contributed by atoms with van der Waals surface area (Å²) in [5.41, 5.74) is 3.27. The first-order valence-corrected chi connectivity index (χ1v) is 9.32. The fraction of sp³-hybridized carbons (Fsp3) is 0.364. The van der Waals surface area contributed by atoms with Crippen LogP contribution in [0.15, 0.2) is 42.5 Å². The number of nitrogens with zero attached hydrogens (tertiary/aromatic N) is 1. The zero-order valence-electron chi connectivity index (χ0n) is 16.2. The molecule has 1 aliphatic rings. The van der Waals surface area contributed by atoms with Gasteiger partial charge in [0, 0.05) is 19.5 Å². The van der Waals surface area contributed by atoms with Crippen LogP contribution < -0.4 is 9.47 Å². The van der Waals surface area contributed by atoms with Gasteiger partial charge in [-0.05, 0) is 36.6 Å². The molecule has 1 N–H and O–H groups in total. The number of amides is 1. The van der Waals surface area contributed by atoms with E-state index in [1.807, 2.05) is 49.4 Å². The van der Waals surface area contributed by atoms with Crippen LogP contribution in [0, 0.1) is 12.8 Å². The molecule has 3 rings (SSSR count). The van der Waals surface area contributed by atoms with Gasteiger partial charge in [0.15, 0.2) is 11.5 Å². The maximum Gasteiger partial charge on any atom is 0.308 e. The Morgan fingerprint density at radius 3 is 2.50 bits per heavy atom. The number of carboxylic acid groups (broad SMARTS) is 1. The maximum absolute atomic E-state index is 12.0. The number of aryl methyl sites for hydroxylation is 1. The molecule has 28 heavy (non-hydrogen) atoms. The topological polar surface area (TPSA) is 76.1 Å². The van der Waals surface area contributed by atoms with Crippen LogP contribution in [0.1, 0.15) is 23.1 Å². The molecule has 1 aliphatic heterocycles. The van der Waals surface area contributed by atoms with Crippen molar-refractivity contribution in [1.82, 2.24) is 4.90 Å². The van der Waals surface area contributed by atoms with Crippen molar-refractivity contribution in [3.63, 3.8) is 0 Å². The van der Waals surface area contributed by atoms with Crippen LogP contribution in [0.3, 0.4) is 0 Å². The van der Waals surface area contributed by atoms with Crippen molar-refractivity contribution in [2.45, 2.75) is 26.4 Å². The summed E-state index contributed by atoms with van der Waals surface area (Å²) < 4.78 is 11.3. The number of hydrogen-bond donors (Lipinski definition) is 1. The number of carbonyl (C=O) groups excluding carboxylic acids is 1. The number of rotatable bonds is 8. The summed E-state index contributed by atoms with van der Waals surface area (Å²) in [5, 5.41) is 9.09. The minimum Gasteiger partial charge on any atom is -0.493 e. The van der Waals surface area contributed by atoms with E-state index in [2.05, 4.69) is 0 Å². The molecule has 1 amide bonds. The first-order chi connectivity index (χ1) is 13.5. The van der Waals surface area contributed by atoms with Gasteiger partial charge in [-0.15, -0.1) is 0 Å². The van der Waals surface area contributed by atoms with E-state index in [0.717, 1.165) is 11.1 Å². The number of carboxylic acids is 1. The number of carbonyl (C=O) groups is 2. The van der Waals surface area contributed by atoms with Crippen LogP contribution in [0.25, 0.3) is 0 Å². The molecule has 0 aromatic heterocycles. The molecule has 6 heteroatoms. The average molecular weight is 383 g/mol. The third kappa shape index (κ3) is 4.82. The standard InChI is InChI=1S/C22H25NO5/c1-15-3-5-17(6-4-15)14-28-20-11-16(7-8-19(20)27-2)9-10-23-13-18(22(25)26)12-21(23)24/h3-8,11,18H,9-10,12-14H2,1-2H3,(H,25,26). The van der Waals surface area contributed by atoms with Gasteiger partial charge in [0.25, 0.3) is 0 Å². The molecule has 6 nitrogen and oxygen atoms in total. The summed E-state index contributed by atoms with van der Waals surface area (Å²) in [7, 11) is 1.60. The Labute approximate surface area is 164 Å². The molecule has 1 unspecified atom stereocenters. The lowest BCUT2D eigenvalue weighted by Gasteiger charge is -2.17. The van der Waals surface area contributed by atoms with Gasteiger partial charge in [0.05, 0.1) is 13.0 Å². The van der Waals surface area contributed by atoms with E-state index >= 15 is 0 Å². The van der Waals surface area contributed by atoms with Gasteiger partial charge in [-0.1, -0.05) is 35.9 Å². The highest BCUT2D eigenvalue weighted by Gasteiger charge is 2.33. The average Bonchev–Trinajstić information content (AvgIpc) is 3.07. The normalized spacial score (nSPS) is 16.3. The fourth-order valence-corrected chi connectivity index (χ4v) is 3.25. The van der Waals surface area contributed by atoms with Crippen LogP contribution in [-0.2, 0) is 22.6 Å². The summed E-state index contributed by atoms with van der Waals surface area (Å²) >= 11 is 0. The molecule has 0 radical (unpaired) electrons. The van der Waals surface area contributed by atoms with E-state index in [0.29, 0.717) is 31.1 Å². The van der Waals surface area contributed by atoms with Gasteiger partial charge in [-0.2, -0.15) is 0 Å². The Kier molecular flexibility index (Phi) is 6.19. The van der Waals surface area contributed by atoms with Gasteiger partial charge in [0.2, 0.25) is 5.91 Å².